The molecule has 92 valence electrons. The Kier molecular flexibility index (Phi) is 3.09. The molecule has 0 saturated heterocycles. The van der Waals surface area contributed by atoms with Crippen LogP contribution in [0.4, 0.5) is 0 Å². The Balaban J connectivity index is 2.33. The van der Waals surface area contributed by atoms with Crippen LogP contribution in [0.1, 0.15) is 15.9 Å². The SMILES string of the molecule is Cc1cc(C(=O)O)ccc1Oc1ncc[nH]c1=O. The van der Waals surface area contributed by atoms with E-state index in [4.69, 9.17) is 9.84 Å². The Morgan fingerprint density at radius 3 is 2.83 bits per heavy atom. The summed E-state index contributed by atoms with van der Waals surface area (Å²) in [6.45, 7) is 1.69. The first-order valence-corrected chi connectivity index (χ1v) is 5.13. The number of rotatable bonds is 3. The lowest BCUT2D eigenvalue weighted by Gasteiger charge is -2.07. The van der Waals surface area contributed by atoms with Crippen LogP contribution in [-0.2, 0) is 0 Å². The maximum Gasteiger partial charge on any atom is 0.335 e. The van der Waals surface area contributed by atoms with Gasteiger partial charge in [-0.3, -0.25) is 4.79 Å². The normalized spacial score (nSPS) is 10.1. The van der Waals surface area contributed by atoms with E-state index in [1.165, 1.54) is 30.6 Å². The summed E-state index contributed by atoms with van der Waals surface area (Å²) in [4.78, 5) is 28.4. The van der Waals surface area contributed by atoms with Gasteiger partial charge >= 0.3 is 11.5 Å². The third-order valence-electron chi connectivity index (χ3n) is 2.30. The third kappa shape index (κ3) is 2.37. The van der Waals surface area contributed by atoms with Gasteiger partial charge in [0.1, 0.15) is 5.75 Å². The topological polar surface area (TPSA) is 92.3 Å². The predicted octanol–water partition coefficient (Wildman–Crippen LogP) is 1.57. The molecule has 0 radical (unpaired) electrons. The Morgan fingerprint density at radius 1 is 1.44 bits per heavy atom. The van der Waals surface area contributed by atoms with Crippen molar-refractivity contribution in [2.45, 2.75) is 6.92 Å². The summed E-state index contributed by atoms with van der Waals surface area (Å²) < 4.78 is 5.33. The molecule has 1 heterocycles. The Bertz CT molecular complexity index is 649. The van der Waals surface area contributed by atoms with E-state index in [0.717, 1.165) is 0 Å². The monoisotopic (exact) mass is 246 g/mol. The van der Waals surface area contributed by atoms with E-state index in [-0.39, 0.29) is 11.4 Å². The molecule has 2 N–H and O–H groups in total. The van der Waals surface area contributed by atoms with Crippen LogP contribution in [-0.4, -0.2) is 21.0 Å². The van der Waals surface area contributed by atoms with Gasteiger partial charge in [-0.2, -0.15) is 0 Å². The van der Waals surface area contributed by atoms with Gasteiger partial charge in [0.25, 0.3) is 5.88 Å². The molecule has 18 heavy (non-hydrogen) atoms. The number of nitrogens with one attached hydrogen (secondary N) is 1. The summed E-state index contributed by atoms with van der Waals surface area (Å²) >= 11 is 0. The molecular weight excluding hydrogens is 236 g/mol. The second-order valence-electron chi connectivity index (χ2n) is 3.61. The first-order chi connectivity index (χ1) is 8.58. The van der Waals surface area contributed by atoms with Crippen molar-refractivity contribution in [2.24, 2.45) is 0 Å². The smallest absolute Gasteiger partial charge is 0.335 e. The Labute approximate surface area is 102 Å². The standard InChI is InChI=1S/C12H10N2O4/c1-7-6-8(12(16)17)2-3-9(7)18-11-10(15)13-4-5-14-11/h2-6H,1H3,(H,13,15)(H,16,17). The first-order valence-electron chi connectivity index (χ1n) is 5.13. The number of ether oxygens (including phenoxy) is 1. The summed E-state index contributed by atoms with van der Waals surface area (Å²) in [5.74, 6) is -0.701. The Morgan fingerprint density at radius 2 is 2.22 bits per heavy atom. The minimum Gasteiger partial charge on any atom is -0.478 e. The van der Waals surface area contributed by atoms with E-state index in [1.54, 1.807) is 6.92 Å². The highest BCUT2D eigenvalue weighted by Gasteiger charge is 2.09. The Hall–Kier alpha value is -2.63. The summed E-state index contributed by atoms with van der Waals surface area (Å²) in [6.07, 6.45) is 2.80. The van der Waals surface area contributed by atoms with E-state index >= 15 is 0 Å². The van der Waals surface area contributed by atoms with Crippen molar-refractivity contribution in [3.8, 4) is 11.6 Å². The lowest BCUT2D eigenvalue weighted by molar-refractivity contribution is 0.0697. The maximum atomic E-state index is 11.4. The molecular formula is C12H10N2O4. The zero-order valence-electron chi connectivity index (χ0n) is 9.51. The van der Waals surface area contributed by atoms with Crippen LogP contribution < -0.4 is 10.3 Å². The predicted molar refractivity (Wildman–Crippen MR) is 63.1 cm³/mol. The molecule has 0 unspecified atom stereocenters. The molecule has 6 heteroatoms. The summed E-state index contributed by atoms with van der Waals surface area (Å²) in [7, 11) is 0. The largest absolute Gasteiger partial charge is 0.478 e. The highest BCUT2D eigenvalue weighted by molar-refractivity contribution is 5.88. The fourth-order valence-corrected chi connectivity index (χ4v) is 1.41. The fraction of sp³-hybridized carbons (Fsp3) is 0.0833. The second kappa shape index (κ2) is 4.70. The van der Waals surface area contributed by atoms with Crippen LogP contribution in [0.5, 0.6) is 11.6 Å². The lowest BCUT2D eigenvalue weighted by atomic mass is 10.1. The zero-order chi connectivity index (χ0) is 13.1. The highest BCUT2D eigenvalue weighted by atomic mass is 16.5. The third-order valence-corrected chi connectivity index (χ3v) is 2.30. The van der Waals surface area contributed by atoms with Crippen molar-refractivity contribution >= 4 is 5.97 Å². The number of carboxylic acid groups (broad SMARTS) is 1. The molecule has 0 saturated carbocycles. The van der Waals surface area contributed by atoms with Crippen molar-refractivity contribution in [1.82, 2.24) is 9.97 Å². The number of aromatic carboxylic acids is 1. The molecule has 0 amide bonds. The molecule has 0 spiro atoms. The van der Waals surface area contributed by atoms with Crippen LogP contribution in [0.25, 0.3) is 0 Å². The van der Waals surface area contributed by atoms with Gasteiger partial charge in [-0.15, -0.1) is 0 Å². The average Bonchev–Trinajstić information content (AvgIpc) is 2.34. The van der Waals surface area contributed by atoms with E-state index < -0.39 is 11.5 Å². The second-order valence-corrected chi connectivity index (χ2v) is 3.61. The van der Waals surface area contributed by atoms with E-state index in [2.05, 4.69) is 9.97 Å². The van der Waals surface area contributed by atoms with Crippen LogP contribution >= 0.6 is 0 Å². The molecule has 0 atom stereocenters. The number of aromatic amines is 1. The van der Waals surface area contributed by atoms with Crippen molar-refractivity contribution in [3.05, 3.63) is 52.1 Å². The van der Waals surface area contributed by atoms with Gasteiger partial charge in [0.2, 0.25) is 0 Å². The van der Waals surface area contributed by atoms with Crippen LogP contribution in [0.15, 0.2) is 35.4 Å². The van der Waals surface area contributed by atoms with Gasteiger partial charge in [0.05, 0.1) is 5.56 Å². The number of nitrogens with zero attached hydrogens (tertiary/aromatic N) is 1. The molecule has 1 aromatic heterocycles. The molecule has 0 aliphatic rings. The number of hydrogen-bond donors (Lipinski definition) is 2. The highest BCUT2D eigenvalue weighted by Crippen LogP contribution is 2.22. The number of aryl methyl sites for hydroxylation is 1. The summed E-state index contributed by atoms with van der Waals surface area (Å²) in [5.41, 5.74) is 0.328. The van der Waals surface area contributed by atoms with Gasteiger partial charge in [-0.05, 0) is 30.7 Å². The summed E-state index contributed by atoms with van der Waals surface area (Å²) in [5, 5.41) is 8.83. The molecule has 0 aliphatic carbocycles. The average molecular weight is 246 g/mol. The van der Waals surface area contributed by atoms with Gasteiger partial charge in [-0.25, -0.2) is 9.78 Å². The van der Waals surface area contributed by atoms with E-state index in [0.29, 0.717) is 11.3 Å². The number of benzene rings is 1. The minimum atomic E-state index is -1.01. The van der Waals surface area contributed by atoms with Crippen LogP contribution in [0.3, 0.4) is 0 Å². The molecule has 2 rings (SSSR count). The first kappa shape index (κ1) is 11.8. The molecule has 1 aromatic carbocycles. The molecule has 6 nitrogen and oxygen atoms in total. The number of aromatic nitrogens is 2. The van der Waals surface area contributed by atoms with E-state index in [1.807, 2.05) is 0 Å². The zero-order valence-corrected chi connectivity index (χ0v) is 9.51. The van der Waals surface area contributed by atoms with Crippen molar-refractivity contribution in [3.63, 3.8) is 0 Å². The van der Waals surface area contributed by atoms with Gasteiger partial charge in [0, 0.05) is 12.4 Å². The van der Waals surface area contributed by atoms with Crippen molar-refractivity contribution in [2.75, 3.05) is 0 Å². The maximum absolute atomic E-state index is 11.4. The molecule has 0 aliphatic heterocycles. The number of hydrogen-bond acceptors (Lipinski definition) is 4. The van der Waals surface area contributed by atoms with E-state index in [9.17, 15) is 9.59 Å². The number of carboxylic acids is 1. The van der Waals surface area contributed by atoms with Gasteiger partial charge in [-0.1, -0.05) is 0 Å². The van der Waals surface area contributed by atoms with Crippen LogP contribution in [0, 0.1) is 6.92 Å². The molecule has 2 aromatic rings. The van der Waals surface area contributed by atoms with Gasteiger partial charge in [0.15, 0.2) is 0 Å². The van der Waals surface area contributed by atoms with Crippen molar-refractivity contribution < 1.29 is 14.6 Å². The quantitative estimate of drug-likeness (QED) is 0.857. The fourth-order valence-electron chi connectivity index (χ4n) is 1.41. The van der Waals surface area contributed by atoms with Gasteiger partial charge < -0.3 is 14.8 Å². The summed E-state index contributed by atoms with van der Waals surface area (Å²) in [6, 6.07) is 4.36. The lowest BCUT2D eigenvalue weighted by Crippen LogP contribution is -2.09. The molecule has 0 bridgehead atoms. The van der Waals surface area contributed by atoms with Crippen molar-refractivity contribution in [1.29, 1.82) is 0 Å². The minimum absolute atomic E-state index is 0.0799. The van der Waals surface area contributed by atoms with Crippen LogP contribution in [0.2, 0.25) is 0 Å². The number of H-pyrrole nitrogens is 1. The molecule has 0 fully saturated rings. The number of carbonyl (C=O) groups is 1.